The molecular weight excluding hydrogens is 1160 g/mol. The number of hydrogen-bond acceptors (Lipinski definition) is 2. The van der Waals surface area contributed by atoms with Gasteiger partial charge in [-0.25, -0.2) is 9.97 Å². The van der Waals surface area contributed by atoms with Crippen molar-refractivity contribution in [2.24, 2.45) is 0 Å². The second-order valence-corrected chi connectivity index (χ2v) is 36.2. The molecule has 3 aliphatic rings. The second-order valence-electron chi connectivity index (χ2n) is 36.2. The average Bonchev–Trinajstić information content (AvgIpc) is 1.55. The minimum atomic E-state index is -0.176. The van der Waals surface area contributed by atoms with Gasteiger partial charge in [0.15, 0.2) is 0 Å². The van der Waals surface area contributed by atoms with E-state index in [2.05, 4.69) is 346 Å². The van der Waals surface area contributed by atoms with Crippen LogP contribution in [0.3, 0.4) is 0 Å². The molecule has 4 heterocycles. The highest BCUT2D eigenvalue weighted by Gasteiger charge is 2.34. The number of aromatic nitrogens is 4. The van der Waals surface area contributed by atoms with Gasteiger partial charge in [0, 0.05) is 66.1 Å². The third kappa shape index (κ3) is 11.8. The Morgan fingerprint density at radius 1 is 0.208 bits per heavy atom. The molecule has 4 heteroatoms. The van der Waals surface area contributed by atoms with Gasteiger partial charge >= 0.3 is 0 Å². The highest BCUT2D eigenvalue weighted by Crippen LogP contribution is 2.54. The Balaban J connectivity index is 1.42. The van der Waals surface area contributed by atoms with Crippen molar-refractivity contribution >= 4 is 43.6 Å². The highest BCUT2D eigenvalue weighted by molar-refractivity contribution is 6.21. The first-order chi connectivity index (χ1) is 44.6. The fraction of sp³-hybridized carbons (Fsp3) is 0.348. The van der Waals surface area contributed by atoms with Crippen molar-refractivity contribution in [3.8, 4) is 89.5 Å². The van der Waals surface area contributed by atoms with Crippen molar-refractivity contribution in [2.45, 2.75) is 209 Å². The van der Waals surface area contributed by atoms with E-state index in [1.807, 2.05) is 0 Å². The van der Waals surface area contributed by atoms with Crippen molar-refractivity contribution in [1.82, 2.24) is 19.9 Å². The molecular formula is C92H102N4. The van der Waals surface area contributed by atoms with Gasteiger partial charge in [-0.1, -0.05) is 336 Å². The second kappa shape index (κ2) is 22.5. The highest BCUT2D eigenvalue weighted by atomic mass is 14.8. The predicted molar refractivity (Wildman–Crippen MR) is 416 cm³/mol. The molecule has 0 amide bonds. The summed E-state index contributed by atoms with van der Waals surface area (Å²) < 4.78 is 0. The standard InChI is InChI=1S/C92H102N4/c1-85(2,3)57-41-53(42-58(49-57)86(4,5)6)73-77-65-33-25-27-35-67(65)79(93-77)74(54-43-59(87(7,8)9)50-60(44-54)88(10,11)12)81-69-37-29-31-39-71(69)83(95-81)76(56-47-63(91(19,20)21)52-64(48-56)92(22,23)24)84-72-40-32-30-38-70(72)82(96-84)75(80-68-36-28-26-34-66(68)78(73)94-80)55-45-61(89(13,14)15)51-62(46-55)90(16,17)18/h25-52,93,96H,1-24H3. The van der Waals surface area contributed by atoms with Gasteiger partial charge in [-0.05, 0) is 110 Å². The maximum absolute atomic E-state index is 6.41. The van der Waals surface area contributed by atoms with E-state index < -0.39 is 0 Å². The third-order valence-corrected chi connectivity index (χ3v) is 20.5. The Bertz CT molecular complexity index is 4400. The molecule has 1 aliphatic carbocycles. The Hall–Kier alpha value is -8.60. The van der Waals surface area contributed by atoms with E-state index in [0.29, 0.717) is 0 Å². The molecule has 0 radical (unpaired) electrons. The summed E-state index contributed by atoms with van der Waals surface area (Å²) in [5.41, 5.74) is 29.7. The molecule has 96 heavy (non-hydrogen) atoms. The average molecular weight is 1260 g/mol. The summed E-state index contributed by atoms with van der Waals surface area (Å²) in [6.45, 7) is 56.4. The van der Waals surface area contributed by atoms with E-state index in [1.54, 1.807) is 0 Å². The first-order valence-corrected chi connectivity index (χ1v) is 35.1. The minimum absolute atomic E-state index is 0.176. The van der Waals surface area contributed by atoms with Gasteiger partial charge in [0.2, 0.25) is 0 Å². The quantitative estimate of drug-likeness (QED) is 0.184. The summed E-state index contributed by atoms with van der Waals surface area (Å²) in [6.07, 6.45) is 0. The van der Waals surface area contributed by atoms with Crippen molar-refractivity contribution in [1.29, 1.82) is 0 Å². The molecule has 8 aromatic carbocycles. The number of hydrogen-bond donors (Lipinski definition) is 2. The summed E-state index contributed by atoms with van der Waals surface area (Å²) in [5, 5.41) is 4.47. The van der Waals surface area contributed by atoms with Crippen molar-refractivity contribution in [3.05, 3.63) is 214 Å². The van der Waals surface area contributed by atoms with Gasteiger partial charge in [-0.3, -0.25) is 0 Å². The molecule has 0 unspecified atom stereocenters. The zero-order valence-electron chi connectivity index (χ0n) is 62.1. The topological polar surface area (TPSA) is 57.4 Å². The van der Waals surface area contributed by atoms with Crippen LogP contribution in [0.5, 0.6) is 0 Å². The molecule has 490 valence electrons. The lowest BCUT2D eigenvalue weighted by atomic mass is 9.78. The summed E-state index contributed by atoms with van der Waals surface area (Å²) in [4.78, 5) is 21.7. The molecule has 2 N–H and O–H groups in total. The van der Waals surface area contributed by atoms with Crippen LogP contribution >= 0.6 is 0 Å². The lowest BCUT2D eigenvalue weighted by molar-refractivity contribution is 0.568. The van der Waals surface area contributed by atoms with Crippen molar-refractivity contribution in [2.75, 3.05) is 0 Å². The molecule has 8 bridgehead atoms. The molecule has 4 nitrogen and oxygen atoms in total. The zero-order valence-corrected chi connectivity index (χ0v) is 62.1. The molecule has 0 fully saturated rings. The smallest absolute Gasteiger partial charge is 0.0816 e. The molecule has 0 spiro atoms. The van der Waals surface area contributed by atoms with Crippen LogP contribution in [0.15, 0.2) is 170 Å². The van der Waals surface area contributed by atoms with Gasteiger partial charge in [0.25, 0.3) is 0 Å². The monoisotopic (exact) mass is 1260 g/mol. The largest absolute Gasteiger partial charge is 0.353 e. The van der Waals surface area contributed by atoms with E-state index in [1.165, 1.54) is 44.5 Å². The zero-order chi connectivity index (χ0) is 69.1. The molecule has 2 aliphatic heterocycles. The molecule has 0 atom stereocenters. The SMILES string of the molecule is CC(C)(C)c1cc(-c2c3nc(c(-c4cc(C(C)(C)C)cc(C(C)(C)C)c4)c4[nH]c(c(-c5cc(C(C)(C)C)cc(C(C)(C)C)c5)c5nc(c(-c6cc(C(C)(C)C)cc(C(C)(C)C)c6)c6[nH]c2c2ccccc62)-c2ccccc2-5)c2ccccc42)-c2ccccc2-3)cc(C(C)(C)C)c1. The van der Waals surface area contributed by atoms with Crippen LogP contribution in [0.25, 0.3) is 133 Å². The maximum atomic E-state index is 6.41. The van der Waals surface area contributed by atoms with Gasteiger partial charge in [0.05, 0.1) is 44.8 Å². The summed E-state index contributed by atoms with van der Waals surface area (Å²) >= 11 is 0. The van der Waals surface area contributed by atoms with Crippen LogP contribution in [-0.4, -0.2) is 19.9 Å². The summed E-state index contributed by atoms with van der Waals surface area (Å²) in [5.74, 6) is 0. The first-order valence-electron chi connectivity index (χ1n) is 35.1. The van der Waals surface area contributed by atoms with Gasteiger partial charge < -0.3 is 9.97 Å². The molecule has 2 aromatic heterocycles. The number of benzene rings is 8. The third-order valence-electron chi connectivity index (χ3n) is 20.5. The fourth-order valence-electron chi connectivity index (χ4n) is 14.3. The van der Waals surface area contributed by atoms with E-state index in [0.717, 1.165) is 133 Å². The molecule has 13 rings (SSSR count). The van der Waals surface area contributed by atoms with Crippen LogP contribution in [0, 0.1) is 0 Å². The number of nitrogens with one attached hydrogen (secondary N) is 2. The van der Waals surface area contributed by atoms with Crippen molar-refractivity contribution in [3.63, 3.8) is 0 Å². The van der Waals surface area contributed by atoms with Crippen molar-refractivity contribution < 1.29 is 0 Å². The molecule has 0 saturated carbocycles. The lowest BCUT2D eigenvalue weighted by Gasteiger charge is -2.26. The van der Waals surface area contributed by atoms with Crippen LogP contribution in [0.4, 0.5) is 0 Å². The van der Waals surface area contributed by atoms with Crippen LogP contribution in [0.2, 0.25) is 0 Å². The Morgan fingerprint density at radius 3 is 0.521 bits per heavy atom. The van der Waals surface area contributed by atoms with E-state index >= 15 is 0 Å². The number of H-pyrrole nitrogens is 2. The maximum Gasteiger partial charge on any atom is 0.0816 e. The number of aromatic amines is 2. The van der Waals surface area contributed by atoms with Crippen LogP contribution in [0.1, 0.15) is 211 Å². The lowest BCUT2D eigenvalue weighted by Crippen LogP contribution is -2.16. The van der Waals surface area contributed by atoms with Gasteiger partial charge in [-0.2, -0.15) is 0 Å². The van der Waals surface area contributed by atoms with Gasteiger partial charge in [0.1, 0.15) is 0 Å². The van der Waals surface area contributed by atoms with E-state index in [4.69, 9.17) is 9.97 Å². The predicted octanol–water partition coefficient (Wildman–Crippen LogP) is 26.3. The summed E-state index contributed by atoms with van der Waals surface area (Å²) in [7, 11) is 0. The van der Waals surface area contributed by atoms with E-state index in [-0.39, 0.29) is 43.3 Å². The first kappa shape index (κ1) is 66.0. The fourth-order valence-corrected chi connectivity index (χ4v) is 14.3. The van der Waals surface area contributed by atoms with E-state index in [9.17, 15) is 0 Å². The molecule has 10 aromatic rings. The summed E-state index contributed by atoms with van der Waals surface area (Å²) in [6, 6.07) is 66.0. The Labute approximate surface area is 573 Å². The van der Waals surface area contributed by atoms with Crippen LogP contribution in [-0.2, 0) is 43.3 Å². The molecule has 0 saturated heterocycles. The number of nitrogens with zero attached hydrogens (tertiary/aromatic N) is 2. The number of rotatable bonds is 4. The Morgan fingerprint density at radius 2 is 0.365 bits per heavy atom. The normalized spacial score (nSPS) is 13.4. The Kier molecular flexibility index (Phi) is 15.5. The minimum Gasteiger partial charge on any atom is -0.353 e. The van der Waals surface area contributed by atoms with Crippen LogP contribution < -0.4 is 0 Å². The van der Waals surface area contributed by atoms with Gasteiger partial charge in [-0.15, -0.1) is 0 Å².